The molecule has 0 atom stereocenters. The van der Waals surface area contributed by atoms with Gasteiger partial charge in [0.1, 0.15) is 10.7 Å². The molecule has 0 unspecified atom stereocenters. The molecule has 1 N–H and O–H groups in total. The molecule has 1 aliphatic rings. The maximum Gasteiger partial charge on any atom is 0.460 e. The van der Waals surface area contributed by atoms with Gasteiger partial charge in [-0.05, 0) is 38.9 Å². The van der Waals surface area contributed by atoms with Crippen molar-refractivity contribution in [1.82, 2.24) is 4.90 Å². The van der Waals surface area contributed by atoms with Gasteiger partial charge in [0.05, 0.1) is 0 Å². The lowest BCUT2D eigenvalue weighted by Gasteiger charge is -2.25. The Balaban J connectivity index is 0.000000361. The lowest BCUT2D eigenvalue weighted by Crippen LogP contribution is -2.30. The summed E-state index contributed by atoms with van der Waals surface area (Å²) in [6, 6.07) is 0. The van der Waals surface area contributed by atoms with Crippen LogP contribution in [0.5, 0.6) is 0 Å². The van der Waals surface area contributed by atoms with Crippen LogP contribution in [0.1, 0.15) is 39.0 Å². The molecule has 0 aromatic carbocycles. The third-order valence-electron chi connectivity index (χ3n) is 2.74. The second-order valence-corrected chi connectivity index (χ2v) is 5.99. The van der Waals surface area contributed by atoms with Crippen LogP contribution in [0.3, 0.4) is 0 Å². The fourth-order valence-corrected chi connectivity index (χ4v) is 1.96. The Labute approximate surface area is 117 Å². The Bertz CT molecular complexity index is 268. The number of rotatable bonds is 3. The predicted molar refractivity (Wildman–Crippen MR) is 67.4 cm³/mol. The van der Waals surface area contributed by atoms with E-state index in [0.717, 1.165) is 0 Å². The van der Waals surface area contributed by atoms with Gasteiger partial charge in [0.15, 0.2) is 0 Å². The molecule has 0 aliphatic carbocycles. The first-order valence-electron chi connectivity index (χ1n) is 6.40. The quantitative estimate of drug-likeness (QED) is 0.749. The van der Waals surface area contributed by atoms with E-state index in [0.29, 0.717) is 0 Å². The van der Waals surface area contributed by atoms with E-state index in [9.17, 15) is 26.3 Å². The molecule has 0 amide bonds. The molecule has 1 heterocycles. The summed E-state index contributed by atoms with van der Waals surface area (Å²) >= 11 is 0. The molecule has 0 radical (unpaired) electrons. The Morgan fingerprint density at radius 2 is 1.40 bits per heavy atom. The lowest BCUT2D eigenvalue weighted by atomic mass is 10.1. The van der Waals surface area contributed by atoms with E-state index in [1.807, 2.05) is 0 Å². The van der Waals surface area contributed by atoms with Gasteiger partial charge in [0, 0.05) is 0 Å². The van der Waals surface area contributed by atoms with Crippen molar-refractivity contribution in [1.29, 1.82) is 4.78 Å². The fourth-order valence-electron chi connectivity index (χ4n) is 1.70. The molecule has 1 aliphatic heterocycles. The predicted octanol–water partition coefficient (Wildman–Crippen LogP) is 4.68. The Kier molecular flexibility index (Phi) is 8.72. The molecule has 0 aromatic heterocycles. The van der Waals surface area contributed by atoms with Crippen molar-refractivity contribution in [3.63, 3.8) is 0 Å². The minimum absolute atomic E-state index is 1.34. The lowest BCUT2D eigenvalue weighted by molar-refractivity contribution is -0.0754. The highest BCUT2D eigenvalue weighted by molar-refractivity contribution is 7.87. The number of nitrogens with one attached hydrogen (secondary N) is 1. The van der Waals surface area contributed by atoms with Crippen molar-refractivity contribution in [2.45, 2.75) is 50.0 Å². The van der Waals surface area contributed by atoms with Gasteiger partial charge in [-0.15, -0.1) is 0 Å². The minimum Gasteiger partial charge on any atom is -0.303 e. The average molecular weight is 326 g/mol. The van der Waals surface area contributed by atoms with Crippen molar-refractivity contribution in [2.24, 2.45) is 0 Å². The maximum atomic E-state index is 11.0. The van der Waals surface area contributed by atoms with Crippen molar-refractivity contribution < 1.29 is 26.3 Å². The summed E-state index contributed by atoms with van der Waals surface area (Å²) in [6.45, 7) is 6.33. The van der Waals surface area contributed by atoms with Crippen molar-refractivity contribution in [2.75, 3.05) is 19.6 Å². The molecular weight excluding hydrogens is 306 g/mol. The van der Waals surface area contributed by atoms with E-state index in [1.54, 1.807) is 0 Å². The standard InChI is InChI=1S/C9H19N.C2HF6NS/c1-2-3-7-10-8-5-4-6-9-10;3-1(4,5)10(9)2(6,7)8/h2-9H2,1H3;9H. The number of likely N-dealkylation sites (tertiary alicyclic amines) is 1. The molecule has 1 fully saturated rings. The molecule has 122 valence electrons. The van der Waals surface area contributed by atoms with E-state index >= 15 is 0 Å². The number of unbranched alkanes of at least 4 members (excludes halogenated alkanes) is 1. The number of nitrogens with zero attached hydrogens (tertiary/aromatic N) is 1. The van der Waals surface area contributed by atoms with Crippen LogP contribution >= 0.6 is 0 Å². The number of alkyl halides is 6. The van der Waals surface area contributed by atoms with Crippen LogP contribution in [0.2, 0.25) is 0 Å². The highest BCUT2D eigenvalue weighted by atomic mass is 32.2. The minimum atomic E-state index is -5.49. The first kappa shape index (κ1) is 19.7. The van der Waals surface area contributed by atoms with Crippen LogP contribution < -0.4 is 0 Å². The number of piperidine rings is 1. The molecule has 1 saturated heterocycles. The molecule has 9 heteroatoms. The van der Waals surface area contributed by atoms with E-state index in [4.69, 9.17) is 4.78 Å². The van der Waals surface area contributed by atoms with E-state index in [2.05, 4.69) is 11.8 Å². The molecule has 0 aromatic rings. The van der Waals surface area contributed by atoms with Gasteiger partial charge in [0.25, 0.3) is 0 Å². The molecule has 0 bridgehead atoms. The van der Waals surface area contributed by atoms with E-state index in [-0.39, 0.29) is 0 Å². The molecule has 0 saturated carbocycles. The molecule has 2 nitrogen and oxygen atoms in total. The van der Waals surface area contributed by atoms with Crippen LogP contribution in [0.15, 0.2) is 0 Å². The summed E-state index contributed by atoms with van der Waals surface area (Å²) in [5.74, 6) is 0. The zero-order valence-corrected chi connectivity index (χ0v) is 12.1. The zero-order chi connectivity index (χ0) is 15.8. The highest BCUT2D eigenvalue weighted by Crippen LogP contribution is 2.33. The maximum absolute atomic E-state index is 11.0. The van der Waals surface area contributed by atoms with Gasteiger partial charge in [0.2, 0.25) is 0 Å². The summed E-state index contributed by atoms with van der Waals surface area (Å²) in [4.78, 5) is 2.60. The van der Waals surface area contributed by atoms with Crippen molar-refractivity contribution in [3.8, 4) is 0 Å². The normalized spacial score (nSPS) is 17.8. The molecule has 1 rings (SSSR count). The van der Waals surface area contributed by atoms with Gasteiger partial charge in [-0.2, -0.15) is 26.3 Å². The first-order valence-corrected chi connectivity index (χ1v) is 7.63. The topological polar surface area (TPSA) is 27.1 Å². The average Bonchev–Trinajstić information content (AvgIpc) is 2.35. The monoisotopic (exact) mass is 326 g/mol. The second-order valence-electron chi connectivity index (χ2n) is 4.45. The largest absolute Gasteiger partial charge is 0.460 e. The molecule has 0 spiro atoms. The molecular formula is C11H20F6N2S. The number of hydrogen-bond donors (Lipinski definition) is 1. The van der Waals surface area contributed by atoms with Crippen LogP contribution in [0.4, 0.5) is 26.3 Å². The zero-order valence-electron chi connectivity index (χ0n) is 11.3. The summed E-state index contributed by atoms with van der Waals surface area (Å²) in [7, 11) is -4.25. The van der Waals surface area contributed by atoms with Crippen molar-refractivity contribution in [3.05, 3.63) is 0 Å². The molecule has 20 heavy (non-hydrogen) atoms. The third kappa shape index (κ3) is 8.78. The Hall–Kier alpha value is -0.310. The van der Waals surface area contributed by atoms with E-state index < -0.39 is 21.7 Å². The third-order valence-corrected chi connectivity index (χ3v) is 3.67. The van der Waals surface area contributed by atoms with Gasteiger partial charge < -0.3 is 4.90 Å². The Morgan fingerprint density at radius 3 is 1.70 bits per heavy atom. The summed E-state index contributed by atoms with van der Waals surface area (Å²) in [5.41, 5.74) is -11.0. The number of hydrogen-bond acceptors (Lipinski definition) is 2. The summed E-state index contributed by atoms with van der Waals surface area (Å²) in [5, 5.41) is 0. The van der Waals surface area contributed by atoms with Gasteiger partial charge in [-0.25, -0.2) is 0 Å². The van der Waals surface area contributed by atoms with Crippen LogP contribution in [-0.2, 0) is 10.7 Å². The fraction of sp³-hybridized carbons (Fsp3) is 1.00. The van der Waals surface area contributed by atoms with Gasteiger partial charge >= 0.3 is 11.0 Å². The highest BCUT2D eigenvalue weighted by Gasteiger charge is 2.50. The van der Waals surface area contributed by atoms with E-state index in [1.165, 1.54) is 51.7 Å². The second kappa shape index (κ2) is 8.86. The van der Waals surface area contributed by atoms with Crippen LogP contribution in [0, 0.1) is 4.78 Å². The summed E-state index contributed by atoms with van der Waals surface area (Å²) in [6.07, 6.45) is 7.06. The van der Waals surface area contributed by atoms with Crippen LogP contribution in [-0.4, -0.2) is 35.6 Å². The smallest absolute Gasteiger partial charge is 0.303 e. The van der Waals surface area contributed by atoms with Crippen LogP contribution in [0.25, 0.3) is 0 Å². The van der Waals surface area contributed by atoms with Gasteiger partial charge in [-0.3, -0.25) is 4.78 Å². The SMILES string of the molecule is CCCCN1CCCCC1.N=S(C(F)(F)F)C(F)(F)F. The Morgan fingerprint density at radius 1 is 0.950 bits per heavy atom. The first-order chi connectivity index (χ1) is 9.09. The van der Waals surface area contributed by atoms with Crippen molar-refractivity contribution >= 4 is 10.7 Å². The number of halogens is 6. The summed E-state index contributed by atoms with van der Waals surface area (Å²) < 4.78 is 72.0. The van der Waals surface area contributed by atoms with Gasteiger partial charge in [-0.1, -0.05) is 19.8 Å².